The molecule has 4 nitrogen and oxygen atoms in total. The second-order valence-electron chi connectivity index (χ2n) is 5.26. The Bertz CT molecular complexity index is 727. The van der Waals surface area contributed by atoms with Crippen molar-refractivity contribution in [1.29, 1.82) is 0 Å². The van der Waals surface area contributed by atoms with Gasteiger partial charge in [-0.1, -0.05) is 24.3 Å². The van der Waals surface area contributed by atoms with Crippen LogP contribution in [0, 0.1) is 0 Å². The molecule has 20 heavy (non-hydrogen) atoms. The first-order valence-electron chi connectivity index (χ1n) is 6.72. The quantitative estimate of drug-likeness (QED) is 0.853. The Labute approximate surface area is 118 Å². The van der Waals surface area contributed by atoms with Gasteiger partial charge in [-0.15, -0.1) is 0 Å². The molecule has 2 bridgehead atoms. The molecule has 1 fully saturated rings. The van der Waals surface area contributed by atoms with E-state index in [4.69, 9.17) is 0 Å². The van der Waals surface area contributed by atoms with Crippen molar-refractivity contribution in [3.63, 3.8) is 0 Å². The number of fused-ring (bicyclic) bond motifs is 5. The number of hydrogen-bond acceptors (Lipinski definition) is 3. The molecule has 0 spiro atoms. The van der Waals surface area contributed by atoms with Crippen LogP contribution in [-0.2, 0) is 10.0 Å². The van der Waals surface area contributed by atoms with E-state index in [0.29, 0.717) is 0 Å². The van der Waals surface area contributed by atoms with Gasteiger partial charge in [-0.2, -0.15) is 4.31 Å². The molecule has 0 saturated carbocycles. The summed E-state index contributed by atoms with van der Waals surface area (Å²) in [7, 11) is -3.47. The predicted molar refractivity (Wildman–Crippen MR) is 74.4 cm³/mol. The standard InChI is InChI=1S/C15H14N2O2S/c18-20(19,11-4-3-9-16-10-11)17-14-7-8-15(17)13-6-2-1-5-12(13)14/h1-6,9-10,14-15H,7-8H2/t14-,15-/m0/s1. The Hall–Kier alpha value is -1.72. The Balaban J connectivity index is 1.83. The van der Waals surface area contributed by atoms with E-state index in [0.717, 1.165) is 24.0 Å². The first-order valence-corrected chi connectivity index (χ1v) is 8.16. The zero-order chi connectivity index (χ0) is 13.7. The maximum absolute atomic E-state index is 12.8. The van der Waals surface area contributed by atoms with Gasteiger partial charge in [0.15, 0.2) is 0 Å². The second kappa shape index (κ2) is 4.14. The predicted octanol–water partition coefficient (Wildman–Crippen LogP) is 2.66. The zero-order valence-electron chi connectivity index (χ0n) is 10.8. The number of rotatable bonds is 2. The van der Waals surface area contributed by atoms with Gasteiger partial charge in [0.25, 0.3) is 0 Å². The van der Waals surface area contributed by atoms with Gasteiger partial charge in [0.05, 0.1) is 12.1 Å². The van der Waals surface area contributed by atoms with Crippen LogP contribution >= 0.6 is 0 Å². The molecule has 2 atom stereocenters. The van der Waals surface area contributed by atoms with Crippen molar-refractivity contribution in [3.8, 4) is 0 Å². The van der Waals surface area contributed by atoms with Crippen molar-refractivity contribution in [1.82, 2.24) is 9.29 Å². The fraction of sp³-hybridized carbons (Fsp3) is 0.267. The lowest BCUT2D eigenvalue weighted by Gasteiger charge is -2.21. The van der Waals surface area contributed by atoms with Crippen molar-refractivity contribution < 1.29 is 8.42 Å². The van der Waals surface area contributed by atoms with Gasteiger partial charge in [0.2, 0.25) is 10.0 Å². The molecule has 2 aromatic rings. The van der Waals surface area contributed by atoms with Crippen LogP contribution in [0.2, 0.25) is 0 Å². The highest BCUT2D eigenvalue weighted by atomic mass is 32.2. The fourth-order valence-electron chi connectivity index (χ4n) is 3.45. The van der Waals surface area contributed by atoms with E-state index < -0.39 is 10.0 Å². The van der Waals surface area contributed by atoms with Crippen molar-refractivity contribution in [2.75, 3.05) is 0 Å². The van der Waals surface area contributed by atoms with E-state index in [-0.39, 0.29) is 17.0 Å². The summed E-state index contributed by atoms with van der Waals surface area (Å²) in [6.45, 7) is 0. The van der Waals surface area contributed by atoms with Crippen LogP contribution in [0.1, 0.15) is 36.1 Å². The molecule has 1 aromatic heterocycles. The third-order valence-corrected chi connectivity index (χ3v) is 6.15. The molecule has 0 unspecified atom stereocenters. The van der Waals surface area contributed by atoms with Crippen LogP contribution in [0.25, 0.3) is 0 Å². The maximum Gasteiger partial charge on any atom is 0.245 e. The van der Waals surface area contributed by atoms with Crippen LogP contribution < -0.4 is 0 Å². The number of benzene rings is 1. The highest BCUT2D eigenvalue weighted by Crippen LogP contribution is 2.55. The topological polar surface area (TPSA) is 50.3 Å². The number of nitrogens with zero attached hydrogens (tertiary/aromatic N) is 2. The molecule has 2 aliphatic heterocycles. The lowest BCUT2D eigenvalue weighted by Crippen LogP contribution is -2.28. The Morgan fingerprint density at radius 3 is 2.20 bits per heavy atom. The van der Waals surface area contributed by atoms with E-state index in [2.05, 4.69) is 4.98 Å². The van der Waals surface area contributed by atoms with Crippen LogP contribution in [-0.4, -0.2) is 17.7 Å². The number of sulfonamides is 1. The molecule has 0 aliphatic carbocycles. The van der Waals surface area contributed by atoms with Gasteiger partial charge in [-0.05, 0) is 36.1 Å². The summed E-state index contributed by atoms with van der Waals surface area (Å²) in [5.74, 6) is 0. The smallest absolute Gasteiger partial charge is 0.245 e. The minimum absolute atomic E-state index is 0.0126. The SMILES string of the molecule is O=S(=O)(c1cccnc1)N1[C@H]2CC[C@H]1c1ccccc12. The van der Waals surface area contributed by atoms with E-state index in [9.17, 15) is 8.42 Å². The minimum Gasteiger partial charge on any atom is -0.263 e. The van der Waals surface area contributed by atoms with E-state index in [1.807, 2.05) is 24.3 Å². The summed E-state index contributed by atoms with van der Waals surface area (Å²) in [5.41, 5.74) is 2.33. The summed E-state index contributed by atoms with van der Waals surface area (Å²) in [6.07, 6.45) is 4.83. The monoisotopic (exact) mass is 286 g/mol. The van der Waals surface area contributed by atoms with Crippen molar-refractivity contribution in [2.45, 2.75) is 29.8 Å². The van der Waals surface area contributed by atoms with Crippen molar-refractivity contribution in [2.24, 2.45) is 0 Å². The molecule has 102 valence electrons. The van der Waals surface area contributed by atoms with Gasteiger partial charge in [0, 0.05) is 12.4 Å². The molecule has 0 amide bonds. The van der Waals surface area contributed by atoms with Gasteiger partial charge in [-0.3, -0.25) is 4.98 Å². The number of pyridine rings is 1. The third kappa shape index (κ3) is 1.50. The third-order valence-electron chi connectivity index (χ3n) is 4.25. The number of hydrogen-bond donors (Lipinski definition) is 0. The summed E-state index contributed by atoms with van der Waals surface area (Å²) in [5, 5.41) is 0. The molecule has 5 heteroatoms. The van der Waals surface area contributed by atoms with Gasteiger partial charge in [-0.25, -0.2) is 8.42 Å². The summed E-state index contributed by atoms with van der Waals surface area (Å²) in [6, 6.07) is 11.3. The van der Waals surface area contributed by atoms with E-state index in [1.54, 1.807) is 22.6 Å². The van der Waals surface area contributed by atoms with Crippen molar-refractivity contribution in [3.05, 3.63) is 59.9 Å². The second-order valence-corrected chi connectivity index (χ2v) is 7.10. The zero-order valence-corrected chi connectivity index (χ0v) is 11.6. The largest absolute Gasteiger partial charge is 0.263 e. The molecular formula is C15H14N2O2S. The lowest BCUT2D eigenvalue weighted by molar-refractivity contribution is 0.365. The molecule has 4 rings (SSSR count). The molecule has 1 aromatic carbocycles. The normalized spacial score (nSPS) is 24.8. The van der Waals surface area contributed by atoms with Crippen molar-refractivity contribution >= 4 is 10.0 Å². The van der Waals surface area contributed by atoms with Crippen LogP contribution in [0.5, 0.6) is 0 Å². The lowest BCUT2D eigenvalue weighted by atomic mass is 9.92. The van der Waals surface area contributed by atoms with Crippen LogP contribution in [0.15, 0.2) is 53.7 Å². The molecule has 0 N–H and O–H groups in total. The summed E-state index contributed by atoms with van der Waals surface area (Å²) >= 11 is 0. The van der Waals surface area contributed by atoms with Gasteiger partial charge in [0.1, 0.15) is 4.90 Å². The Morgan fingerprint density at radius 2 is 1.65 bits per heavy atom. The van der Waals surface area contributed by atoms with Crippen LogP contribution in [0.4, 0.5) is 0 Å². The molecule has 2 aliphatic rings. The maximum atomic E-state index is 12.8. The number of aromatic nitrogens is 1. The fourth-order valence-corrected chi connectivity index (χ4v) is 5.24. The Morgan fingerprint density at radius 1 is 1.00 bits per heavy atom. The van der Waals surface area contributed by atoms with E-state index in [1.165, 1.54) is 6.20 Å². The highest BCUT2D eigenvalue weighted by Gasteiger charge is 2.49. The molecule has 0 radical (unpaired) electrons. The highest BCUT2D eigenvalue weighted by molar-refractivity contribution is 7.89. The average molecular weight is 286 g/mol. The molecular weight excluding hydrogens is 272 g/mol. The first kappa shape index (κ1) is 12.1. The average Bonchev–Trinajstić information content (AvgIpc) is 3.06. The van der Waals surface area contributed by atoms with E-state index >= 15 is 0 Å². The minimum atomic E-state index is -3.47. The summed E-state index contributed by atoms with van der Waals surface area (Å²) < 4.78 is 27.4. The summed E-state index contributed by atoms with van der Waals surface area (Å²) in [4.78, 5) is 4.22. The van der Waals surface area contributed by atoms with Gasteiger partial charge >= 0.3 is 0 Å². The first-order chi connectivity index (χ1) is 9.69. The molecule has 3 heterocycles. The Kier molecular flexibility index (Phi) is 2.49. The van der Waals surface area contributed by atoms with Gasteiger partial charge < -0.3 is 0 Å². The van der Waals surface area contributed by atoms with Crippen LogP contribution in [0.3, 0.4) is 0 Å². The molecule has 1 saturated heterocycles.